The number of carbonyl (C=O) groups excluding carboxylic acids is 3. The van der Waals surface area contributed by atoms with E-state index in [1.165, 1.54) is 17.0 Å². The molecule has 1 aromatic carbocycles. The quantitative estimate of drug-likeness (QED) is 0.471. The predicted molar refractivity (Wildman–Crippen MR) is 133 cm³/mol. The van der Waals surface area contributed by atoms with Gasteiger partial charge in [-0.3, -0.25) is 14.5 Å². The molecule has 1 atom stereocenters. The normalized spacial score (nSPS) is 21.2. The molecule has 0 radical (unpaired) electrons. The van der Waals surface area contributed by atoms with Gasteiger partial charge in [0.05, 0.1) is 0 Å². The maximum Gasteiger partial charge on any atom is 0.325 e. The molecule has 2 saturated heterocycles. The second-order valence-electron chi connectivity index (χ2n) is 9.42. The molecule has 0 spiro atoms. The van der Waals surface area contributed by atoms with Crippen molar-refractivity contribution < 1.29 is 18.8 Å². The van der Waals surface area contributed by atoms with Crippen LogP contribution < -0.4 is 5.32 Å². The standard InChI is InChI=1S/C26H29FN4O3S/c1-2-10-26(24(33)31(25(34)29-26)13-9-20-4-3-14-35-20)18-7-11-30(12-8-18)23(32)22-16-17-15-19(27)5-6-21(17)28-22/h3-6,14-16,18,28H,2,7-13H2,1H3,(H,29,34). The zero-order chi connectivity index (χ0) is 24.6. The summed E-state index contributed by atoms with van der Waals surface area (Å²) in [6, 6.07) is 9.74. The summed E-state index contributed by atoms with van der Waals surface area (Å²) in [6.07, 6.45) is 3.27. The van der Waals surface area contributed by atoms with E-state index in [0.717, 1.165) is 11.3 Å². The maximum absolute atomic E-state index is 13.6. The zero-order valence-corrected chi connectivity index (χ0v) is 20.5. The third-order valence-corrected chi connectivity index (χ3v) is 8.24. The smallest absolute Gasteiger partial charge is 0.325 e. The second kappa shape index (κ2) is 9.45. The van der Waals surface area contributed by atoms with E-state index in [2.05, 4.69) is 10.3 Å². The van der Waals surface area contributed by atoms with E-state index < -0.39 is 5.54 Å². The molecule has 4 heterocycles. The van der Waals surface area contributed by atoms with E-state index in [9.17, 15) is 18.8 Å². The average molecular weight is 497 g/mol. The summed E-state index contributed by atoms with van der Waals surface area (Å²) in [7, 11) is 0. The van der Waals surface area contributed by atoms with Crippen molar-refractivity contribution >= 4 is 40.1 Å². The van der Waals surface area contributed by atoms with Crippen molar-refractivity contribution in [3.8, 4) is 0 Å². The largest absolute Gasteiger partial charge is 0.351 e. The Morgan fingerprint density at radius 2 is 2.00 bits per heavy atom. The van der Waals surface area contributed by atoms with Gasteiger partial charge in [0.25, 0.3) is 11.8 Å². The van der Waals surface area contributed by atoms with Gasteiger partial charge in [0.15, 0.2) is 0 Å². The fourth-order valence-corrected chi connectivity index (χ4v) is 6.23. The maximum atomic E-state index is 13.6. The molecule has 3 aromatic rings. The summed E-state index contributed by atoms with van der Waals surface area (Å²) >= 11 is 1.62. The Labute approximate surface area is 207 Å². The van der Waals surface area contributed by atoms with E-state index >= 15 is 0 Å². The van der Waals surface area contributed by atoms with Crippen LogP contribution in [-0.2, 0) is 11.2 Å². The van der Waals surface area contributed by atoms with Gasteiger partial charge < -0.3 is 15.2 Å². The molecule has 2 N–H and O–H groups in total. The van der Waals surface area contributed by atoms with Gasteiger partial charge in [-0.25, -0.2) is 9.18 Å². The van der Waals surface area contributed by atoms with Crippen LogP contribution in [0.25, 0.3) is 10.9 Å². The van der Waals surface area contributed by atoms with Gasteiger partial charge in [-0.1, -0.05) is 19.4 Å². The highest BCUT2D eigenvalue weighted by Crippen LogP contribution is 2.37. The van der Waals surface area contributed by atoms with Crippen LogP contribution in [0.2, 0.25) is 0 Å². The summed E-state index contributed by atoms with van der Waals surface area (Å²) in [4.78, 5) is 46.9. The molecule has 5 rings (SSSR count). The Kier molecular flexibility index (Phi) is 6.35. The highest BCUT2D eigenvalue weighted by atomic mass is 32.1. The van der Waals surface area contributed by atoms with Gasteiger partial charge in [0.2, 0.25) is 0 Å². The first kappa shape index (κ1) is 23.5. The van der Waals surface area contributed by atoms with E-state index in [1.54, 1.807) is 28.4 Å². The highest BCUT2D eigenvalue weighted by molar-refractivity contribution is 7.09. The van der Waals surface area contributed by atoms with Crippen molar-refractivity contribution in [1.82, 2.24) is 20.1 Å². The Bertz CT molecular complexity index is 1250. The summed E-state index contributed by atoms with van der Waals surface area (Å²) in [5.74, 6) is -0.649. The van der Waals surface area contributed by atoms with Crippen molar-refractivity contribution in [3.05, 3.63) is 58.2 Å². The molecule has 9 heteroatoms. The highest BCUT2D eigenvalue weighted by Gasteiger charge is 2.55. The van der Waals surface area contributed by atoms with Crippen LogP contribution >= 0.6 is 11.3 Å². The molecule has 35 heavy (non-hydrogen) atoms. The van der Waals surface area contributed by atoms with Crippen LogP contribution in [0.5, 0.6) is 0 Å². The van der Waals surface area contributed by atoms with E-state index in [1.807, 2.05) is 24.4 Å². The number of rotatable bonds is 7. The molecule has 2 aliphatic rings. The van der Waals surface area contributed by atoms with Crippen LogP contribution in [0, 0.1) is 11.7 Å². The number of fused-ring (bicyclic) bond motifs is 1. The molecule has 7 nitrogen and oxygen atoms in total. The van der Waals surface area contributed by atoms with Gasteiger partial charge in [-0.05, 0) is 67.3 Å². The first-order valence-electron chi connectivity index (χ1n) is 12.2. The number of nitrogens with one attached hydrogen (secondary N) is 2. The minimum Gasteiger partial charge on any atom is -0.351 e. The molecule has 0 bridgehead atoms. The molecule has 2 fully saturated rings. The number of likely N-dealkylation sites (tertiary alicyclic amines) is 1. The first-order valence-corrected chi connectivity index (χ1v) is 13.0. The molecule has 2 aliphatic heterocycles. The Morgan fingerprint density at radius 1 is 1.20 bits per heavy atom. The number of piperidine rings is 1. The number of hydrogen-bond acceptors (Lipinski definition) is 4. The van der Waals surface area contributed by atoms with Gasteiger partial charge in [-0.15, -0.1) is 11.3 Å². The molecule has 0 aliphatic carbocycles. The number of urea groups is 1. The monoisotopic (exact) mass is 496 g/mol. The molecule has 184 valence electrons. The summed E-state index contributed by atoms with van der Waals surface area (Å²) < 4.78 is 13.5. The van der Waals surface area contributed by atoms with Gasteiger partial charge in [0, 0.05) is 35.4 Å². The number of carbonyl (C=O) groups is 3. The molecular weight excluding hydrogens is 467 g/mol. The fraction of sp³-hybridized carbons (Fsp3) is 0.423. The number of amides is 4. The zero-order valence-electron chi connectivity index (χ0n) is 19.7. The van der Waals surface area contributed by atoms with Gasteiger partial charge in [0.1, 0.15) is 17.1 Å². The minimum absolute atomic E-state index is 0.0357. The minimum atomic E-state index is -0.908. The van der Waals surface area contributed by atoms with Crippen molar-refractivity contribution in [2.45, 2.75) is 44.6 Å². The number of halogens is 1. The lowest BCUT2D eigenvalue weighted by Gasteiger charge is -2.40. The number of thiophene rings is 1. The van der Waals surface area contributed by atoms with E-state index in [4.69, 9.17) is 0 Å². The number of nitrogens with zero attached hydrogens (tertiary/aromatic N) is 2. The van der Waals surface area contributed by atoms with Crippen LogP contribution in [-0.4, -0.2) is 57.8 Å². The van der Waals surface area contributed by atoms with E-state index in [-0.39, 0.29) is 29.6 Å². The predicted octanol–water partition coefficient (Wildman–Crippen LogP) is 4.55. The SMILES string of the molecule is CCCC1(C2CCN(C(=O)c3cc4cc(F)ccc4[nH]3)CC2)NC(=O)N(CCc2cccs2)C1=O. The fourth-order valence-electron chi connectivity index (χ4n) is 5.53. The number of benzene rings is 1. The van der Waals surface area contributed by atoms with Gasteiger partial charge >= 0.3 is 6.03 Å². The van der Waals surface area contributed by atoms with Crippen molar-refractivity contribution in [2.75, 3.05) is 19.6 Å². The number of H-pyrrole nitrogens is 1. The van der Waals surface area contributed by atoms with Crippen molar-refractivity contribution in [2.24, 2.45) is 5.92 Å². The van der Waals surface area contributed by atoms with Gasteiger partial charge in [-0.2, -0.15) is 0 Å². The molecular formula is C26H29FN4O3S. The average Bonchev–Trinajstić information content (AvgIpc) is 3.57. The van der Waals surface area contributed by atoms with Crippen molar-refractivity contribution in [3.63, 3.8) is 0 Å². The van der Waals surface area contributed by atoms with Crippen LogP contribution in [0.1, 0.15) is 48.0 Å². The number of imide groups is 1. The lowest BCUT2D eigenvalue weighted by molar-refractivity contribution is -0.134. The van der Waals surface area contributed by atoms with Crippen LogP contribution in [0.3, 0.4) is 0 Å². The van der Waals surface area contributed by atoms with Crippen LogP contribution in [0.4, 0.5) is 9.18 Å². The molecule has 0 saturated carbocycles. The Balaban J connectivity index is 1.27. The number of hydrogen-bond donors (Lipinski definition) is 2. The third-order valence-electron chi connectivity index (χ3n) is 7.30. The molecule has 4 amide bonds. The molecule has 1 unspecified atom stereocenters. The van der Waals surface area contributed by atoms with Crippen LogP contribution in [0.15, 0.2) is 41.8 Å². The molecule has 2 aromatic heterocycles. The summed E-state index contributed by atoms with van der Waals surface area (Å²) in [6.45, 7) is 3.38. The first-order chi connectivity index (χ1) is 16.9. The Hall–Kier alpha value is -3.20. The number of aromatic amines is 1. The lowest BCUT2D eigenvalue weighted by Crippen LogP contribution is -2.56. The third kappa shape index (κ3) is 4.33. The second-order valence-corrected chi connectivity index (χ2v) is 10.5. The topological polar surface area (TPSA) is 85.5 Å². The Morgan fingerprint density at radius 3 is 2.71 bits per heavy atom. The summed E-state index contributed by atoms with van der Waals surface area (Å²) in [5, 5.41) is 5.71. The lowest BCUT2D eigenvalue weighted by atomic mass is 9.74. The summed E-state index contributed by atoms with van der Waals surface area (Å²) in [5.41, 5.74) is 0.237. The number of aromatic nitrogens is 1. The van der Waals surface area contributed by atoms with Crippen molar-refractivity contribution in [1.29, 1.82) is 0 Å². The van der Waals surface area contributed by atoms with E-state index in [0.29, 0.717) is 61.9 Å².